The van der Waals surface area contributed by atoms with Crippen molar-refractivity contribution in [3.63, 3.8) is 0 Å². The highest BCUT2D eigenvalue weighted by atomic mass is 16.5. The van der Waals surface area contributed by atoms with Gasteiger partial charge in [-0.2, -0.15) is 0 Å². The number of anilines is 1. The fourth-order valence-electron chi connectivity index (χ4n) is 2.70. The highest BCUT2D eigenvalue weighted by Gasteiger charge is 2.11. The van der Waals surface area contributed by atoms with Gasteiger partial charge in [-0.05, 0) is 41.2 Å². The fourth-order valence-corrected chi connectivity index (χ4v) is 2.70. The summed E-state index contributed by atoms with van der Waals surface area (Å²) in [7, 11) is 0. The third kappa shape index (κ3) is 5.42. The third-order valence-electron chi connectivity index (χ3n) is 4.42. The molecule has 6 heteroatoms. The standard InChI is InChI=1S/C22H25N3O3/c1-4-16-5-7-17(8-6-16)13-21-24-25-22(28-21)23-20(26)14-27-19-11-9-18(10-12-19)15(2)3/h5-12,15H,4,13-14H2,1-3H3,(H,23,25,26). The summed E-state index contributed by atoms with van der Waals surface area (Å²) in [4.78, 5) is 12.0. The first-order chi connectivity index (χ1) is 13.5. The molecule has 0 fully saturated rings. The van der Waals surface area contributed by atoms with Crippen LogP contribution in [-0.4, -0.2) is 22.7 Å². The molecule has 3 aromatic rings. The Kier molecular flexibility index (Phi) is 6.42. The van der Waals surface area contributed by atoms with Gasteiger partial charge in [-0.25, -0.2) is 0 Å². The van der Waals surface area contributed by atoms with Crippen molar-refractivity contribution in [3.05, 3.63) is 71.1 Å². The van der Waals surface area contributed by atoms with Crippen LogP contribution in [0.25, 0.3) is 0 Å². The van der Waals surface area contributed by atoms with Crippen LogP contribution in [0.15, 0.2) is 52.9 Å². The lowest BCUT2D eigenvalue weighted by Gasteiger charge is -2.08. The lowest BCUT2D eigenvalue weighted by molar-refractivity contribution is -0.118. The van der Waals surface area contributed by atoms with Gasteiger partial charge < -0.3 is 9.15 Å². The molecular weight excluding hydrogens is 354 g/mol. The number of amides is 1. The molecule has 0 unspecified atom stereocenters. The maximum Gasteiger partial charge on any atom is 0.322 e. The van der Waals surface area contributed by atoms with E-state index in [1.807, 2.05) is 36.4 Å². The molecule has 0 aliphatic rings. The molecule has 0 saturated heterocycles. The third-order valence-corrected chi connectivity index (χ3v) is 4.42. The zero-order valence-corrected chi connectivity index (χ0v) is 16.4. The Morgan fingerprint density at radius 2 is 1.71 bits per heavy atom. The van der Waals surface area contributed by atoms with Crippen molar-refractivity contribution < 1.29 is 13.9 Å². The van der Waals surface area contributed by atoms with Crippen molar-refractivity contribution in [1.29, 1.82) is 0 Å². The first-order valence-electron chi connectivity index (χ1n) is 9.46. The monoisotopic (exact) mass is 379 g/mol. The topological polar surface area (TPSA) is 77.2 Å². The van der Waals surface area contributed by atoms with Crippen molar-refractivity contribution in [2.45, 2.75) is 39.5 Å². The molecule has 1 amide bonds. The van der Waals surface area contributed by atoms with E-state index in [0.717, 1.165) is 12.0 Å². The maximum atomic E-state index is 12.0. The second-order valence-electron chi connectivity index (χ2n) is 6.91. The summed E-state index contributed by atoms with van der Waals surface area (Å²) in [5.74, 6) is 1.19. The number of aromatic nitrogens is 2. The quantitative estimate of drug-likeness (QED) is 0.629. The number of aryl methyl sites for hydroxylation is 1. The number of carbonyl (C=O) groups is 1. The lowest BCUT2D eigenvalue weighted by atomic mass is 10.0. The first-order valence-corrected chi connectivity index (χ1v) is 9.46. The zero-order chi connectivity index (χ0) is 19.9. The van der Waals surface area contributed by atoms with Gasteiger partial charge in [-0.1, -0.05) is 62.3 Å². The molecule has 1 aromatic heterocycles. The van der Waals surface area contributed by atoms with E-state index in [4.69, 9.17) is 9.15 Å². The van der Waals surface area contributed by atoms with Crippen LogP contribution in [0.4, 0.5) is 6.01 Å². The average Bonchev–Trinajstić information content (AvgIpc) is 3.14. The molecule has 0 atom stereocenters. The van der Waals surface area contributed by atoms with E-state index in [-0.39, 0.29) is 18.5 Å². The first kappa shape index (κ1) is 19.6. The van der Waals surface area contributed by atoms with Gasteiger partial charge in [0, 0.05) is 0 Å². The second-order valence-corrected chi connectivity index (χ2v) is 6.91. The van der Waals surface area contributed by atoms with Crippen LogP contribution in [0.3, 0.4) is 0 Å². The van der Waals surface area contributed by atoms with Crippen molar-refractivity contribution in [2.75, 3.05) is 11.9 Å². The van der Waals surface area contributed by atoms with Gasteiger partial charge in [-0.15, -0.1) is 5.10 Å². The molecule has 6 nitrogen and oxygen atoms in total. The van der Waals surface area contributed by atoms with E-state index >= 15 is 0 Å². The number of nitrogens with one attached hydrogen (secondary N) is 1. The SMILES string of the molecule is CCc1ccc(Cc2nnc(NC(=O)COc3ccc(C(C)C)cc3)o2)cc1. The normalized spacial score (nSPS) is 10.9. The van der Waals surface area contributed by atoms with E-state index in [2.05, 4.69) is 48.4 Å². The summed E-state index contributed by atoms with van der Waals surface area (Å²) in [6, 6.07) is 16.0. The van der Waals surface area contributed by atoms with Gasteiger partial charge in [0.15, 0.2) is 6.61 Å². The number of rotatable bonds is 8. The Morgan fingerprint density at radius 3 is 2.36 bits per heavy atom. The molecule has 0 radical (unpaired) electrons. The van der Waals surface area contributed by atoms with Crippen molar-refractivity contribution in [2.24, 2.45) is 0 Å². The number of nitrogens with zero attached hydrogens (tertiary/aromatic N) is 2. The van der Waals surface area contributed by atoms with E-state index in [0.29, 0.717) is 24.0 Å². The van der Waals surface area contributed by atoms with Gasteiger partial charge in [-0.3, -0.25) is 10.1 Å². The summed E-state index contributed by atoms with van der Waals surface area (Å²) in [6.07, 6.45) is 1.52. The van der Waals surface area contributed by atoms with E-state index < -0.39 is 0 Å². The van der Waals surface area contributed by atoms with Gasteiger partial charge in [0.2, 0.25) is 5.89 Å². The minimum Gasteiger partial charge on any atom is -0.484 e. The van der Waals surface area contributed by atoms with E-state index in [1.54, 1.807) is 0 Å². The maximum absolute atomic E-state index is 12.0. The summed E-state index contributed by atoms with van der Waals surface area (Å²) in [5.41, 5.74) is 3.58. The molecule has 0 spiro atoms. The Labute approximate surface area is 164 Å². The zero-order valence-electron chi connectivity index (χ0n) is 16.4. The molecule has 1 N–H and O–H groups in total. The molecular formula is C22H25N3O3. The van der Waals surface area contributed by atoms with Crippen molar-refractivity contribution in [1.82, 2.24) is 10.2 Å². The van der Waals surface area contributed by atoms with Crippen LogP contribution in [0.2, 0.25) is 0 Å². The number of hydrogen-bond acceptors (Lipinski definition) is 5. The Bertz CT molecular complexity index is 900. The second kappa shape index (κ2) is 9.17. The molecule has 0 saturated carbocycles. The molecule has 2 aromatic carbocycles. The van der Waals surface area contributed by atoms with Crippen LogP contribution in [-0.2, 0) is 17.6 Å². The van der Waals surface area contributed by atoms with Gasteiger partial charge in [0.05, 0.1) is 6.42 Å². The molecule has 3 rings (SSSR count). The van der Waals surface area contributed by atoms with Crippen LogP contribution in [0, 0.1) is 0 Å². The molecule has 0 bridgehead atoms. The van der Waals surface area contributed by atoms with E-state index in [9.17, 15) is 4.79 Å². The predicted octanol–water partition coefficient (Wildman–Crippen LogP) is 4.36. The van der Waals surface area contributed by atoms with Gasteiger partial charge >= 0.3 is 6.01 Å². The molecule has 28 heavy (non-hydrogen) atoms. The minimum atomic E-state index is -0.351. The van der Waals surface area contributed by atoms with Gasteiger partial charge in [0.25, 0.3) is 5.91 Å². The highest BCUT2D eigenvalue weighted by Crippen LogP contribution is 2.18. The number of hydrogen-bond donors (Lipinski definition) is 1. The fraction of sp³-hybridized carbons (Fsp3) is 0.318. The van der Waals surface area contributed by atoms with Crippen molar-refractivity contribution in [3.8, 4) is 5.75 Å². The highest BCUT2D eigenvalue weighted by molar-refractivity contribution is 5.89. The van der Waals surface area contributed by atoms with Crippen LogP contribution >= 0.6 is 0 Å². The lowest BCUT2D eigenvalue weighted by Crippen LogP contribution is -2.20. The average molecular weight is 379 g/mol. The summed E-state index contributed by atoms with van der Waals surface area (Å²) < 4.78 is 11.0. The van der Waals surface area contributed by atoms with Crippen LogP contribution in [0.1, 0.15) is 49.3 Å². The van der Waals surface area contributed by atoms with Crippen molar-refractivity contribution >= 4 is 11.9 Å². The smallest absolute Gasteiger partial charge is 0.322 e. The van der Waals surface area contributed by atoms with Crippen LogP contribution in [0.5, 0.6) is 5.75 Å². The Balaban J connectivity index is 1.49. The Hall–Kier alpha value is -3.15. The summed E-state index contributed by atoms with van der Waals surface area (Å²) >= 11 is 0. The van der Waals surface area contributed by atoms with E-state index in [1.165, 1.54) is 11.1 Å². The van der Waals surface area contributed by atoms with Crippen LogP contribution < -0.4 is 10.1 Å². The minimum absolute atomic E-state index is 0.0731. The molecule has 0 aliphatic heterocycles. The van der Waals surface area contributed by atoms with Gasteiger partial charge in [0.1, 0.15) is 5.75 Å². The molecule has 0 aliphatic carbocycles. The summed E-state index contributed by atoms with van der Waals surface area (Å²) in [5, 5.41) is 10.4. The predicted molar refractivity (Wildman–Crippen MR) is 108 cm³/mol. The number of benzene rings is 2. The number of ether oxygens (including phenoxy) is 1. The molecule has 1 heterocycles. The number of carbonyl (C=O) groups excluding carboxylic acids is 1. The Morgan fingerprint density at radius 1 is 1.04 bits per heavy atom. The summed E-state index contributed by atoms with van der Waals surface area (Å²) in [6.45, 7) is 6.24. The molecule has 146 valence electrons. The largest absolute Gasteiger partial charge is 0.484 e.